The van der Waals surface area contributed by atoms with Gasteiger partial charge in [-0.1, -0.05) is 0 Å². The molecule has 1 aliphatic rings. The van der Waals surface area contributed by atoms with Gasteiger partial charge in [-0.25, -0.2) is 18.0 Å². The van der Waals surface area contributed by atoms with Crippen LogP contribution in [0.15, 0.2) is 11.4 Å². The molecule has 120 valence electrons. The van der Waals surface area contributed by atoms with Gasteiger partial charge in [-0.05, 0) is 11.4 Å². The first-order valence-corrected chi connectivity index (χ1v) is 8.85. The average molecular weight is 347 g/mol. The van der Waals surface area contributed by atoms with Crippen molar-refractivity contribution in [3.8, 4) is 0 Å². The highest BCUT2D eigenvalue weighted by Gasteiger charge is 2.27. The van der Waals surface area contributed by atoms with Crippen molar-refractivity contribution in [2.45, 2.75) is 0 Å². The number of urea groups is 1. The predicted molar refractivity (Wildman–Crippen MR) is 78.2 cm³/mol. The summed E-state index contributed by atoms with van der Waals surface area (Å²) in [5.74, 6) is -1.48. The summed E-state index contributed by atoms with van der Waals surface area (Å²) < 4.78 is 29.4. The summed E-state index contributed by atoms with van der Waals surface area (Å²) in [6.45, 7) is -0.0244. The van der Waals surface area contributed by atoms with E-state index in [1.165, 1.54) is 11.4 Å². The molecule has 2 rings (SSSR count). The number of anilines is 1. The van der Waals surface area contributed by atoms with Crippen LogP contribution in [-0.2, 0) is 19.6 Å². The number of rotatable bonds is 5. The van der Waals surface area contributed by atoms with E-state index < -0.39 is 34.5 Å². The molecule has 1 aliphatic heterocycles. The summed E-state index contributed by atoms with van der Waals surface area (Å²) in [6.07, 6.45) is 0.954. The number of esters is 1. The molecule has 22 heavy (non-hydrogen) atoms. The fraction of sp³-hybridized carbons (Fsp3) is 0.364. The Labute approximate surface area is 130 Å². The second kappa shape index (κ2) is 6.32. The molecule has 0 saturated carbocycles. The summed E-state index contributed by atoms with van der Waals surface area (Å²) in [7, 11) is -3.53. The number of nitrogens with one attached hydrogen (secondary N) is 2. The third kappa shape index (κ3) is 3.95. The van der Waals surface area contributed by atoms with Crippen molar-refractivity contribution < 1.29 is 27.5 Å². The third-order valence-electron chi connectivity index (χ3n) is 2.63. The summed E-state index contributed by atoms with van der Waals surface area (Å²) in [5.41, 5.74) is 0.0869. The number of carbonyl (C=O) groups excluding carboxylic acids is 3. The van der Waals surface area contributed by atoms with Crippen LogP contribution in [0.1, 0.15) is 9.67 Å². The van der Waals surface area contributed by atoms with Crippen molar-refractivity contribution in [1.29, 1.82) is 0 Å². The molecule has 0 aromatic carbocycles. The fourth-order valence-corrected chi connectivity index (χ4v) is 3.10. The lowest BCUT2D eigenvalue weighted by atomic mass is 10.4. The standard InChI is InChI=1S/C11H13N3O6S2/c1-22(18,19)13-7-2-5-21-9(7)10(16)20-6-8(15)14-4-3-12-11(14)17/h2,5,13H,3-4,6H2,1H3,(H,12,17). The zero-order valence-corrected chi connectivity index (χ0v) is 13.1. The van der Waals surface area contributed by atoms with E-state index in [1.807, 2.05) is 0 Å². The quantitative estimate of drug-likeness (QED) is 0.713. The number of ether oxygens (including phenoxy) is 1. The Morgan fingerprint density at radius 1 is 1.50 bits per heavy atom. The molecule has 0 spiro atoms. The van der Waals surface area contributed by atoms with Crippen LogP contribution in [0.25, 0.3) is 0 Å². The Hall–Kier alpha value is -2.14. The molecule has 9 nitrogen and oxygen atoms in total. The molecular formula is C11H13N3O6S2. The van der Waals surface area contributed by atoms with Gasteiger partial charge in [0.05, 0.1) is 11.9 Å². The van der Waals surface area contributed by atoms with Crippen molar-refractivity contribution >= 4 is 45.0 Å². The van der Waals surface area contributed by atoms with E-state index in [2.05, 4.69) is 10.0 Å². The summed E-state index contributed by atoms with van der Waals surface area (Å²) >= 11 is 0.977. The number of amides is 3. The monoisotopic (exact) mass is 347 g/mol. The number of thiophene rings is 1. The Bertz CT molecular complexity index is 711. The lowest BCUT2D eigenvalue weighted by molar-refractivity contribution is -0.130. The van der Waals surface area contributed by atoms with Gasteiger partial charge in [0.2, 0.25) is 10.0 Å². The van der Waals surface area contributed by atoms with E-state index in [0.717, 1.165) is 22.5 Å². The van der Waals surface area contributed by atoms with Gasteiger partial charge in [0.25, 0.3) is 5.91 Å². The molecule has 0 aliphatic carbocycles. The topological polar surface area (TPSA) is 122 Å². The van der Waals surface area contributed by atoms with Gasteiger partial charge in [-0.2, -0.15) is 0 Å². The minimum atomic E-state index is -3.53. The van der Waals surface area contributed by atoms with Crippen LogP contribution in [-0.4, -0.2) is 57.2 Å². The van der Waals surface area contributed by atoms with Crippen molar-refractivity contribution in [1.82, 2.24) is 10.2 Å². The molecule has 1 aromatic rings. The summed E-state index contributed by atoms with van der Waals surface area (Å²) in [6, 6.07) is 0.884. The number of hydrogen-bond acceptors (Lipinski definition) is 7. The van der Waals surface area contributed by atoms with Gasteiger partial charge >= 0.3 is 12.0 Å². The smallest absolute Gasteiger partial charge is 0.351 e. The molecule has 0 unspecified atom stereocenters. The van der Waals surface area contributed by atoms with Gasteiger partial charge in [0.1, 0.15) is 4.88 Å². The molecule has 3 amide bonds. The van der Waals surface area contributed by atoms with Gasteiger partial charge in [-0.3, -0.25) is 14.4 Å². The van der Waals surface area contributed by atoms with Gasteiger partial charge in [0.15, 0.2) is 6.61 Å². The molecule has 2 heterocycles. The minimum absolute atomic E-state index is 0.0316. The van der Waals surface area contributed by atoms with E-state index in [9.17, 15) is 22.8 Å². The highest BCUT2D eigenvalue weighted by molar-refractivity contribution is 7.92. The van der Waals surface area contributed by atoms with Gasteiger partial charge in [-0.15, -0.1) is 11.3 Å². The van der Waals surface area contributed by atoms with Crippen molar-refractivity contribution in [3.63, 3.8) is 0 Å². The largest absolute Gasteiger partial charge is 0.451 e. The number of nitrogens with zero attached hydrogens (tertiary/aromatic N) is 1. The molecule has 0 atom stereocenters. The number of imide groups is 1. The molecule has 11 heteroatoms. The van der Waals surface area contributed by atoms with E-state index in [1.54, 1.807) is 0 Å². The van der Waals surface area contributed by atoms with Crippen LogP contribution in [0.5, 0.6) is 0 Å². The second-order valence-electron chi connectivity index (χ2n) is 4.39. The van der Waals surface area contributed by atoms with Crippen LogP contribution in [0, 0.1) is 0 Å². The Morgan fingerprint density at radius 2 is 2.23 bits per heavy atom. The Kier molecular flexibility index (Phi) is 4.66. The zero-order valence-electron chi connectivity index (χ0n) is 11.5. The molecule has 0 bridgehead atoms. The maximum Gasteiger partial charge on any atom is 0.351 e. The molecule has 2 N–H and O–H groups in total. The Balaban J connectivity index is 1.97. The molecule has 0 radical (unpaired) electrons. The first-order valence-electron chi connectivity index (χ1n) is 6.08. The van der Waals surface area contributed by atoms with E-state index in [0.29, 0.717) is 6.54 Å². The normalized spacial score (nSPS) is 14.6. The number of hydrogen-bond donors (Lipinski definition) is 2. The van der Waals surface area contributed by atoms with Crippen LogP contribution in [0.4, 0.5) is 10.5 Å². The van der Waals surface area contributed by atoms with Crippen molar-refractivity contribution in [3.05, 3.63) is 16.3 Å². The van der Waals surface area contributed by atoms with Gasteiger partial charge < -0.3 is 10.1 Å². The highest BCUT2D eigenvalue weighted by atomic mass is 32.2. The van der Waals surface area contributed by atoms with Gasteiger partial charge in [0, 0.05) is 13.1 Å². The maximum absolute atomic E-state index is 11.9. The molecule has 1 saturated heterocycles. The van der Waals surface area contributed by atoms with Crippen molar-refractivity contribution in [2.75, 3.05) is 30.7 Å². The van der Waals surface area contributed by atoms with Crippen LogP contribution < -0.4 is 10.0 Å². The first-order chi connectivity index (χ1) is 10.3. The predicted octanol–water partition coefficient (Wildman–Crippen LogP) is -0.172. The SMILES string of the molecule is CS(=O)(=O)Nc1ccsc1C(=O)OCC(=O)N1CCNC1=O. The first kappa shape index (κ1) is 16.2. The Morgan fingerprint density at radius 3 is 2.82 bits per heavy atom. The maximum atomic E-state index is 11.9. The lowest BCUT2D eigenvalue weighted by Gasteiger charge is -2.12. The van der Waals surface area contributed by atoms with E-state index in [-0.39, 0.29) is 17.1 Å². The second-order valence-corrected chi connectivity index (χ2v) is 7.06. The molecule has 1 fully saturated rings. The third-order valence-corrected chi connectivity index (χ3v) is 4.12. The summed E-state index contributed by atoms with van der Waals surface area (Å²) in [4.78, 5) is 35.9. The minimum Gasteiger partial charge on any atom is -0.451 e. The number of carbonyl (C=O) groups is 3. The lowest BCUT2D eigenvalue weighted by Crippen LogP contribution is -2.37. The molecule has 1 aromatic heterocycles. The van der Waals surface area contributed by atoms with E-state index >= 15 is 0 Å². The van der Waals surface area contributed by atoms with Crippen LogP contribution in [0.3, 0.4) is 0 Å². The van der Waals surface area contributed by atoms with E-state index in [4.69, 9.17) is 4.74 Å². The average Bonchev–Trinajstić information content (AvgIpc) is 3.02. The highest BCUT2D eigenvalue weighted by Crippen LogP contribution is 2.24. The molecular weight excluding hydrogens is 334 g/mol. The fourth-order valence-electron chi connectivity index (χ4n) is 1.73. The van der Waals surface area contributed by atoms with Crippen molar-refractivity contribution in [2.24, 2.45) is 0 Å². The zero-order chi connectivity index (χ0) is 16.3. The van der Waals surface area contributed by atoms with Crippen LogP contribution >= 0.6 is 11.3 Å². The summed E-state index contributed by atoms with van der Waals surface area (Å²) in [5, 5.41) is 3.97. The van der Waals surface area contributed by atoms with Crippen LogP contribution in [0.2, 0.25) is 0 Å². The number of sulfonamides is 1.